The molecule has 0 radical (unpaired) electrons. The summed E-state index contributed by atoms with van der Waals surface area (Å²) >= 11 is 9.14. The van der Waals surface area contributed by atoms with Crippen LogP contribution in [-0.4, -0.2) is 8.42 Å². The first-order valence-electron chi connectivity index (χ1n) is 6.12. The van der Waals surface area contributed by atoms with E-state index in [9.17, 15) is 8.42 Å². The van der Waals surface area contributed by atoms with Crippen LogP contribution in [0.3, 0.4) is 0 Å². The van der Waals surface area contributed by atoms with Crippen molar-refractivity contribution in [3.63, 3.8) is 0 Å². The van der Waals surface area contributed by atoms with E-state index in [0.29, 0.717) is 15.2 Å². The molecule has 0 saturated carbocycles. The molecule has 2 aromatic carbocycles. The van der Waals surface area contributed by atoms with E-state index < -0.39 is 16.1 Å². The van der Waals surface area contributed by atoms with Crippen molar-refractivity contribution in [2.24, 2.45) is 0 Å². The smallest absolute Gasteiger partial charge is 0.242 e. The molecule has 0 bridgehead atoms. The van der Waals surface area contributed by atoms with Crippen molar-refractivity contribution in [2.75, 3.05) is 5.73 Å². The third-order valence-corrected chi connectivity index (χ3v) is 5.68. The third-order valence-electron chi connectivity index (χ3n) is 2.93. The topological polar surface area (TPSA) is 72.2 Å². The molecule has 1 unspecified atom stereocenters. The fourth-order valence-corrected chi connectivity index (χ4v) is 4.40. The van der Waals surface area contributed by atoms with Gasteiger partial charge in [0, 0.05) is 21.2 Å². The van der Waals surface area contributed by atoms with Crippen LogP contribution in [0.2, 0.25) is 5.02 Å². The van der Waals surface area contributed by atoms with Gasteiger partial charge in [-0.1, -0.05) is 23.7 Å². The second-order valence-electron chi connectivity index (χ2n) is 4.59. The van der Waals surface area contributed by atoms with Gasteiger partial charge in [0.2, 0.25) is 10.0 Å². The van der Waals surface area contributed by atoms with E-state index in [1.54, 1.807) is 37.3 Å². The molecule has 0 aromatic heterocycles. The Morgan fingerprint density at radius 3 is 2.57 bits per heavy atom. The minimum Gasteiger partial charge on any atom is -0.399 e. The van der Waals surface area contributed by atoms with Crippen LogP contribution in [0, 0.1) is 0 Å². The predicted molar refractivity (Wildman–Crippen MR) is 88.7 cm³/mol. The Labute approximate surface area is 137 Å². The number of halogens is 2. The molecule has 0 spiro atoms. The molecule has 0 saturated heterocycles. The van der Waals surface area contributed by atoms with Crippen LogP contribution in [0.1, 0.15) is 18.5 Å². The second-order valence-corrected chi connectivity index (χ2v) is 7.56. The Bertz CT molecular complexity index is 765. The van der Waals surface area contributed by atoms with Crippen LogP contribution in [0.15, 0.2) is 51.8 Å². The largest absolute Gasteiger partial charge is 0.399 e. The maximum absolute atomic E-state index is 12.4. The lowest BCUT2D eigenvalue weighted by Crippen LogP contribution is -2.27. The predicted octanol–water partition coefficient (Wildman–Crippen LogP) is 3.72. The minimum atomic E-state index is -3.66. The van der Waals surface area contributed by atoms with E-state index >= 15 is 0 Å². The van der Waals surface area contributed by atoms with E-state index in [1.807, 2.05) is 6.07 Å². The summed E-state index contributed by atoms with van der Waals surface area (Å²) in [5.74, 6) is 0. The summed E-state index contributed by atoms with van der Waals surface area (Å²) in [6.07, 6.45) is 0. The fraction of sp³-hybridized carbons (Fsp3) is 0.143. The zero-order chi connectivity index (χ0) is 15.6. The summed E-state index contributed by atoms with van der Waals surface area (Å²) in [6.45, 7) is 1.76. The van der Waals surface area contributed by atoms with Crippen molar-refractivity contribution in [3.8, 4) is 0 Å². The van der Waals surface area contributed by atoms with Gasteiger partial charge in [0.15, 0.2) is 0 Å². The van der Waals surface area contributed by atoms with Gasteiger partial charge in [0.25, 0.3) is 0 Å². The van der Waals surface area contributed by atoms with Gasteiger partial charge in [-0.15, -0.1) is 0 Å². The monoisotopic (exact) mass is 388 g/mol. The summed E-state index contributed by atoms with van der Waals surface area (Å²) < 4.78 is 27.9. The third kappa shape index (κ3) is 3.97. The highest BCUT2D eigenvalue weighted by molar-refractivity contribution is 9.10. The molecule has 112 valence electrons. The molecule has 0 aliphatic heterocycles. The van der Waals surface area contributed by atoms with Gasteiger partial charge in [0.05, 0.1) is 4.90 Å². The number of nitrogens with one attached hydrogen (secondary N) is 1. The van der Waals surface area contributed by atoms with E-state index in [0.717, 1.165) is 5.56 Å². The normalized spacial score (nSPS) is 13.1. The molecule has 0 heterocycles. The van der Waals surface area contributed by atoms with Crippen molar-refractivity contribution < 1.29 is 8.42 Å². The van der Waals surface area contributed by atoms with Gasteiger partial charge in [-0.05, 0) is 58.7 Å². The Hall–Kier alpha value is -1.08. The van der Waals surface area contributed by atoms with Gasteiger partial charge >= 0.3 is 0 Å². The lowest BCUT2D eigenvalue weighted by atomic mass is 10.1. The number of hydrogen-bond donors (Lipinski definition) is 2. The quantitative estimate of drug-likeness (QED) is 0.783. The highest BCUT2D eigenvalue weighted by atomic mass is 79.9. The van der Waals surface area contributed by atoms with Gasteiger partial charge < -0.3 is 5.73 Å². The van der Waals surface area contributed by atoms with Gasteiger partial charge in [0.1, 0.15) is 0 Å². The molecule has 2 rings (SSSR count). The Kier molecular flexibility index (Phi) is 4.93. The van der Waals surface area contributed by atoms with Crippen LogP contribution in [0.5, 0.6) is 0 Å². The summed E-state index contributed by atoms with van der Waals surface area (Å²) in [7, 11) is -3.66. The maximum Gasteiger partial charge on any atom is 0.242 e. The van der Waals surface area contributed by atoms with Crippen molar-refractivity contribution in [1.29, 1.82) is 0 Å². The standard InChI is InChI=1S/C14H14BrClN2O2S/c1-9(10-3-2-4-11(16)7-10)18-21(19,20)14-6-5-12(17)8-13(14)15/h2-9,18H,17H2,1H3. The number of anilines is 1. The van der Waals surface area contributed by atoms with Gasteiger partial charge in [-0.3, -0.25) is 0 Å². The number of rotatable bonds is 4. The number of sulfonamides is 1. The van der Waals surface area contributed by atoms with Gasteiger partial charge in [-0.25, -0.2) is 13.1 Å². The summed E-state index contributed by atoms with van der Waals surface area (Å²) in [5, 5.41) is 0.562. The molecule has 4 nitrogen and oxygen atoms in total. The minimum absolute atomic E-state index is 0.144. The molecule has 0 fully saturated rings. The van der Waals surface area contributed by atoms with E-state index in [1.165, 1.54) is 6.07 Å². The number of nitrogens with two attached hydrogens (primary N) is 1. The molecule has 1 atom stereocenters. The first-order valence-corrected chi connectivity index (χ1v) is 8.78. The summed E-state index contributed by atoms with van der Waals surface area (Å²) in [4.78, 5) is 0.144. The first kappa shape index (κ1) is 16.3. The lowest BCUT2D eigenvalue weighted by molar-refractivity contribution is 0.566. The Morgan fingerprint density at radius 1 is 1.24 bits per heavy atom. The maximum atomic E-state index is 12.4. The molecular weight excluding hydrogens is 376 g/mol. The Balaban J connectivity index is 2.29. The van der Waals surface area contributed by atoms with E-state index in [4.69, 9.17) is 17.3 Å². The molecule has 0 amide bonds. The number of nitrogen functional groups attached to an aromatic ring is 1. The average Bonchev–Trinajstić information content (AvgIpc) is 2.37. The molecule has 7 heteroatoms. The van der Waals surface area contributed by atoms with E-state index in [2.05, 4.69) is 20.7 Å². The Morgan fingerprint density at radius 2 is 1.95 bits per heavy atom. The second kappa shape index (κ2) is 6.36. The molecule has 0 aliphatic rings. The zero-order valence-electron chi connectivity index (χ0n) is 11.2. The molecule has 21 heavy (non-hydrogen) atoms. The number of hydrogen-bond acceptors (Lipinski definition) is 3. The lowest BCUT2D eigenvalue weighted by Gasteiger charge is -2.16. The van der Waals surface area contributed by atoms with Crippen LogP contribution in [0.25, 0.3) is 0 Å². The highest BCUT2D eigenvalue weighted by Gasteiger charge is 2.21. The highest BCUT2D eigenvalue weighted by Crippen LogP contribution is 2.26. The molecule has 2 aromatic rings. The fourth-order valence-electron chi connectivity index (χ4n) is 1.88. The van der Waals surface area contributed by atoms with E-state index in [-0.39, 0.29) is 4.90 Å². The zero-order valence-corrected chi connectivity index (χ0v) is 14.3. The van der Waals surface area contributed by atoms with Crippen molar-refractivity contribution >= 4 is 43.2 Å². The average molecular weight is 390 g/mol. The SMILES string of the molecule is CC(NS(=O)(=O)c1ccc(N)cc1Br)c1cccc(Cl)c1. The van der Waals surface area contributed by atoms with Crippen molar-refractivity contribution in [3.05, 3.63) is 57.5 Å². The summed E-state index contributed by atoms with van der Waals surface area (Å²) in [6, 6.07) is 11.2. The van der Waals surface area contributed by atoms with Crippen LogP contribution in [-0.2, 0) is 10.0 Å². The van der Waals surface area contributed by atoms with Crippen LogP contribution in [0.4, 0.5) is 5.69 Å². The van der Waals surface area contributed by atoms with Crippen LogP contribution >= 0.6 is 27.5 Å². The van der Waals surface area contributed by atoms with Crippen molar-refractivity contribution in [2.45, 2.75) is 17.9 Å². The molecule has 0 aliphatic carbocycles. The molecule has 3 N–H and O–H groups in total. The van der Waals surface area contributed by atoms with Crippen molar-refractivity contribution in [1.82, 2.24) is 4.72 Å². The van der Waals surface area contributed by atoms with Gasteiger partial charge in [-0.2, -0.15) is 0 Å². The molecular formula is C14H14BrClN2O2S. The summed E-state index contributed by atoms with van der Waals surface area (Å²) in [5.41, 5.74) is 6.90. The van der Waals surface area contributed by atoms with Crippen LogP contribution < -0.4 is 10.5 Å². The first-order chi connectivity index (χ1) is 9.79. The number of benzene rings is 2.